The van der Waals surface area contributed by atoms with Crippen LogP contribution in [0.3, 0.4) is 0 Å². The Morgan fingerprint density at radius 2 is 2.00 bits per heavy atom. The van der Waals surface area contributed by atoms with Crippen molar-refractivity contribution in [2.24, 2.45) is 0 Å². The van der Waals surface area contributed by atoms with Gasteiger partial charge in [-0.05, 0) is 37.1 Å². The molecule has 1 aromatic carbocycles. The maximum atomic E-state index is 13.4. The number of fused-ring (bicyclic) bond motifs is 2. The van der Waals surface area contributed by atoms with Crippen molar-refractivity contribution in [2.45, 2.75) is 45.1 Å². The van der Waals surface area contributed by atoms with Crippen LogP contribution in [0.1, 0.15) is 46.5 Å². The summed E-state index contributed by atoms with van der Waals surface area (Å²) in [5, 5.41) is 16.1. The Balaban J connectivity index is 1.83. The first-order valence-corrected chi connectivity index (χ1v) is 13.6. The summed E-state index contributed by atoms with van der Waals surface area (Å²) in [4.78, 5) is 30.9. The molecule has 2 atom stereocenters. The third-order valence-electron chi connectivity index (χ3n) is 6.36. The van der Waals surface area contributed by atoms with Crippen LogP contribution in [0, 0.1) is 0 Å². The average Bonchev–Trinajstić information content (AvgIpc) is 3.35. The monoisotopic (exact) mass is 569 g/mol. The number of halogens is 3. The quantitative estimate of drug-likeness (QED) is 0.318. The van der Waals surface area contributed by atoms with E-state index in [9.17, 15) is 36.3 Å². The van der Waals surface area contributed by atoms with Crippen LogP contribution < -0.4 is 15.8 Å². The van der Waals surface area contributed by atoms with Crippen LogP contribution in [-0.2, 0) is 16.6 Å². The number of alkyl halides is 3. The second-order valence-electron chi connectivity index (χ2n) is 9.19. The normalized spacial score (nSPS) is 15.4. The van der Waals surface area contributed by atoms with Crippen LogP contribution in [0.2, 0.25) is 0 Å². The number of aromatic nitrogens is 3. The van der Waals surface area contributed by atoms with E-state index in [1.54, 1.807) is 6.92 Å². The number of nitrogens with zero attached hydrogens (tertiary/aromatic N) is 4. The largest absolute Gasteiger partial charge is 0.408 e. The molecule has 39 heavy (non-hydrogen) atoms. The molecule has 0 saturated heterocycles. The first-order valence-electron chi connectivity index (χ1n) is 11.7. The first-order chi connectivity index (χ1) is 18.1. The van der Waals surface area contributed by atoms with Crippen LogP contribution in [0.4, 0.5) is 24.7 Å². The van der Waals surface area contributed by atoms with E-state index in [0.29, 0.717) is 11.3 Å². The van der Waals surface area contributed by atoms with Crippen molar-refractivity contribution in [2.75, 3.05) is 23.3 Å². The molecule has 3 aromatic rings. The summed E-state index contributed by atoms with van der Waals surface area (Å²) in [6.07, 6.45) is -1.94. The number of sulfonamides is 1. The zero-order valence-electron chi connectivity index (χ0n) is 21.1. The minimum Gasteiger partial charge on any atom is -0.394 e. The molecular weight excluding hydrogens is 543 g/mol. The number of hydrogen-bond acceptors (Lipinski definition) is 8. The summed E-state index contributed by atoms with van der Waals surface area (Å²) >= 11 is 0. The molecule has 3 heterocycles. The molecule has 16 heteroatoms. The number of anilines is 2. The maximum Gasteiger partial charge on any atom is 0.408 e. The average molecular weight is 570 g/mol. The topological polar surface area (TPSA) is 172 Å². The molecule has 0 unspecified atom stereocenters. The number of amides is 2. The van der Waals surface area contributed by atoms with Gasteiger partial charge in [-0.2, -0.15) is 13.2 Å². The summed E-state index contributed by atoms with van der Waals surface area (Å²) in [6.45, 7) is 1.92. The number of nitrogens with one attached hydrogen (secondary N) is 2. The molecule has 1 aliphatic heterocycles. The Morgan fingerprint density at radius 3 is 2.59 bits per heavy atom. The number of nitrogens with two attached hydrogens (primary N) is 1. The smallest absolute Gasteiger partial charge is 0.394 e. The predicted molar refractivity (Wildman–Crippen MR) is 135 cm³/mol. The van der Waals surface area contributed by atoms with Crippen LogP contribution in [0.15, 0.2) is 24.4 Å². The van der Waals surface area contributed by atoms with Crippen molar-refractivity contribution in [3.05, 3.63) is 41.1 Å². The maximum absolute atomic E-state index is 13.4. The van der Waals surface area contributed by atoms with Gasteiger partial charge in [0, 0.05) is 18.3 Å². The predicted octanol–water partition coefficient (Wildman–Crippen LogP) is 1.76. The molecular formula is C23H26F3N7O5S. The van der Waals surface area contributed by atoms with Crippen molar-refractivity contribution in [1.29, 1.82) is 0 Å². The molecule has 5 N–H and O–H groups in total. The molecule has 0 fully saturated rings. The van der Waals surface area contributed by atoms with Gasteiger partial charge in [-0.3, -0.25) is 14.3 Å². The Labute approximate surface area is 221 Å². The highest BCUT2D eigenvalue weighted by Crippen LogP contribution is 2.38. The Kier molecular flexibility index (Phi) is 7.20. The van der Waals surface area contributed by atoms with Gasteiger partial charge in [0.15, 0.2) is 11.5 Å². The van der Waals surface area contributed by atoms with E-state index in [-0.39, 0.29) is 51.7 Å². The number of benzene rings is 1. The zero-order chi connectivity index (χ0) is 28.9. The minimum atomic E-state index is -4.69. The van der Waals surface area contributed by atoms with Gasteiger partial charge in [-0.25, -0.2) is 17.9 Å². The lowest BCUT2D eigenvalue weighted by molar-refractivity contribution is -0.172. The highest BCUT2D eigenvalue weighted by atomic mass is 32.2. The van der Waals surface area contributed by atoms with E-state index < -0.39 is 46.6 Å². The third-order valence-corrected chi connectivity index (χ3v) is 6.95. The molecule has 0 radical (unpaired) electrons. The molecule has 2 amide bonds. The Hall–Kier alpha value is -3.92. The van der Waals surface area contributed by atoms with Gasteiger partial charge in [0.2, 0.25) is 10.0 Å². The van der Waals surface area contributed by atoms with E-state index in [1.165, 1.54) is 28.9 Å². The lowest BCUT2D eigenvalue weighted by Gasteiger charge is -2.26. The van der Waals surface area contributed by atoms with Gasteiger partial charge < -0.3 is 21.1 Å². The molecule has 0 spiro atoms. The Bertz CT molecular complexity index is 1570. The summed E-state index contributed by atoms with van der Waals surface area (Å²) in [7, 11) is -3.92. The molecule has 4 rings (SSSR count). The summed E-state index contributed by atoms with van der Waals surface area (Å²) in [5.41, 5.74) is 6.21. The SMILES string of the molecule is CC[C@H](CO)NC(=O)c1c(N)nn2ccc(-c3cc4c(c(NS(C)(=O)=O)c3)C(=O)N([C@@H](C)C(F)(F)F)C4)nc12. The molecule has 0 saturated carbocycles. The van der Waals surface area contributed by atoms with Crippen molar-refractivity contribution in [1.82, 2.24) is 24.8 Å². The summed E-state index contributed by atoms with van der Waals surface area (Å²) in [5.74, 6) is -1.71. The van der Waals surface area contributed by atoms with E-state index >= 15 is 0 Å². The van der Waals surface area contributed by atoms with Gasteiger partial charge in [0.05, 0.1) is 35.8 Å². The van der Waals surface area contributed by atoms with Crippen LogP contribution in [-0.4, -0.2) is 76.0 Å². The standard InChI is InChI=1S/C23H26F3N7O5S/c1-4-14(10-34)28-21(35)18-19(27)30-33-6-5-15(29-20(18)33)12-7-13-9-32(11(2)23(24,25)26)22(36)17(13)16(8-12)31-39(3,37)38/h5-8,11,14,31,34H,4,9-10H2,1-3H3,(H2,27,30)(H,28,35)/t11-,14+/m0/s1. The van der Waals surface area contributed by atoms with Crippen molar-refractivity contribution >= 4 is 39.0 Å². The number of hydrogen-bond donors (Lipinski definition) is 4. The number of carbonyl (C=O) groups is 2. The van der Waals surface area contributed by atoms with Crippen LogP contribution in [0.5, 0.6) is 0 Å². The minimum absolute atomic E-state index is 0.0526. The van der Waals surface area contributed by atoms with Crippen molar-refractivity contribution < 1.29 is 36.3 Å². The van der Waals surface area contributed by atoms with Crippen molar-refractivity contribution in [3.63, 3.8) is 0 Å². The van der Waals surface area contributed by atoms with E-state index in [1.807, 2.05) is 0 Å². The van der Waals surface area contributed by atoms with Crippen LogP contribution in [0.25, 0.3) is 16.9 Å². The van der Waals surface area contributed by atoms with E-state index in [0.717, 1.165) is 13.2 Å². The third kappa shape index (κ3) is 5.47. The highest BCUT2D eigenvalue weighted by molar-refractivity contribution is 7.92. The van der Waals surface area contributed by atoms with Gasteiger partial charge in [-0.15, -0.1) is 5.10 Å². The van der Waals surface area contributed by atoms with Gasteiger partial charge >= 0.3 is 6.18 Å². The van der Waals surface area contributed by atoms with Gasteiger partial charge in [0.1, 0.15) is 11.6 Å². The number of aliphatic hydroxyl groups is 1. The number of carbonyl (C=O) groups excluding carboxylic acids is 2. The molecule has 1 aliphatic rings. The number of nitrogen functional groups attached to an aromatic ring is 1. The van der Waals surface area contributed by atoms with Crippen LogP contribution >= 0.6 is 0 Å². The number of rotatable bonds is 8. The second kappa shape index (κ2) is 10.00. The first kappa shape index (κ1) is 28.1. The second-order valence-corrected chi connectivity index (χ2v) is 10.9. The fourth-order valence-electron chi connectivity index (χ4n) is 4.26. The highest BCUT2D eigenvalue weighted by Gasteiger charge is 2.46. The summed E-state index contributed by atoms with van der Waals surface area (Å²) < 4.78 is 67.8. The lowest BCUT2D eigenvalue weighted by Crippen LogP contribution is -2.43. The van der Waals surface area contributed by atoms with Gasteiger partial charge in [0.25, 0.3) is 11.8 Å². The molecule has 0 aliphatic carbocycles. The Morgan fingerprint density at radius 1 is 1.31 bits per heavy atom. The molecule has 0 bridgehead atoms. The van der Waals surface area contributed by atoms with Crippen molar-refractivity contribution in [3.8, 4) is 11.3 Å². The van der Waals surface area contributed by atoms with Gasteiger partial charge in [-0.1, -0.05) is 6.92 Å². The summed E-state index contributed by atoms with van der Waals surface area (Å²) in [6, 6.07) is 1.58. The van der Waals surface area contributed by atoms with E-state index in [4.69, 9.17) is 5.73 Å². The fraction of sp³-hybridized carbons (Fsp3) is 0.391. The zero-order valence-corrected chi connectivity index (χ0v) is 21.9. The molecule has 12 nitrogen and oxygen atoms in total. The molecule has 2 aromatic heterocycles. The number of aliphatic hydroxyl groups excluding tert-OH is 1. The molecule has 210 valence electrons. The fourth-order valence-corrected chi connectivity index (χ4v) is 4.82. The van der Waals surface area contributed by atoms with E-state index in [2.05, 4.69) is 20.1 Å². The lowest BCUT2D eigenvalue weighted by atomic mass is 10.0.